The molecule has 0 N–H and O–H groups in total. The zero-order valence-electron chi connectivity index (χ0n) is 12.3. The van der Waals surface area contributed by atoms with Crippen LogP contribution in [0.25, 0.3) is 0 Å². The van der Waals surface area contributed by atoms with Crippen molar-refractivity contribution in [3.63, 3.8) is 0 Å². The molecule has 0 aliphatic rings. The Labute approximate surface area is 134 Å². The summed E-state index contributed by atoms with van der Waals surface area (Å²) in [5, 5.41) is 0.692. The Bertz CT molecular complexity index is 482. The topological polar surface area (TPSA) is 46.6 Å². The van der Waals surface area contributed by atoms with Crippen LogP contribution in [-0.2, 0) is 20.1 Å². The largest absolute Gasteiger partial charge is 0.468 e. The molecule has 0 aliphatic heterocycles. The van der Waals surface area contributed by atoms with E-state index in [-0.39, 0.29) is 12.5 Å². The SMILES string of the molecule is CCCN(CC(=O)OC)C(=O)CSCc1cccc(Cl)c1. The fourth-order valence-corrected chi connectivity index (χ4v) is 2.84. The van der Waals surface area contributed by atoms with E-state index >= 15 is 0 Å². The molecule has 0 spiro atoms. The minimum absolute atomic E-state index is 0.0148. The number of carbonyl (C=O) groups excluding carboxylic acids is 2. The Morgan fingerprint density at radius 3 is 2.76 bits per heavy atom. The fraction of sp³-hybridized carbons (Fsp3) is 0.467. The van der Waals surface area contributed by atoms with Gasteiger partial charge in [-0.25, -0.2) is 0 Å². The van der Waals surface area contributed by atoms with E-state index in [1.54, 1.807) is 0 Å². The van der Waals surface area contributed by atoms with Gasteiger partial charge < -0.3 is 9.64 Å². The molecule has 116 valence electrons. The van der Waals surface area contributed by atoms with Crippen molar-refractivity contribution < 1.29 is 14.3 Å². The molecular formula is C15H20ClNO3S. The number of halogens is 1. The molecule has 0 unspecified atom stereocenters. The predicted molar refractivity (Wildman–Crippen MR) is 86.5 cm³/mol. The highest BCUT2D eigenvalue weighted by molar-refractivity contribution is 7.99. The van der Waals surface area contributed by atoms with Crippen molar-refractivity contribution in [2.24, 2.45) is 0 Å². The highest BCUT2D eigenvalue weighted by Crippen LogP contribution is 2.17. The number of rotatable bonds is 8. The lowest BCUT2D eigenvalue weighted by molar-refractivity contribution is -0.146. The molecule has 0 aliphatic carbocycles. The maximum Gasteiger partial charge on any atom is 0.325 e. The molecule has 0 aromatic heterocycles. The maximum absolute atomic E-state index is 12.1. The van der Waals surface area contributed by atoms with Crippen molar-refractivity contribution in [1.29, 1.82) is 0 Å². The summed E-state index contributed by atoms with van der Waals surface area (Å²) in [5.41, 5.74) is 1.08. The van der Waals surface area contributed by atoms with Gasteiger partial charge in [-0.2, -0.15) is 0 Å². The number of benzene rings is 1. The van der Waals surface area contributed by atoms with Gasteiger partial charge in [0.15, 0.2) is 0 Å². The Morgan fingerprint density at radius 1 is 1.38 bits per heavy atom. The van der Waals surface area contributed by atoms with E-state index in [0.29, 0.717) is 23.1 Å². The van der Waals surface area contributed by atoms with Crippen LogP contribution in [-0.4, -0.2) is 42.7 Å². The van der Waals surface area contributed by atoms with Gasteiger partial charge in [0.25, 0.3) is 0 Å². The van der Waals surface area contributed by atoms with Gasteiger partial charge in [-0.3, -0.25) is 9.59 Å². The molecule has 1 aromatic carbocycles. The number of hydrogen-bond acceptors (Lipinski definition) is 4. The van der Waals surface area contributed by atoms with Crippen LogP contribution in [0.4, 0.5) is 0 Å². The van der Waals surface area contributed by atoms with Gasteiger partial charge in [-0.05, 0) is 24.1 Å². The first-order chi connectivity index (χ1) is 10.1. The number of thioether (sulfide) groups is 1. The van der Waals surface area contributed by atoms with E-state index in [1.165, 1.54) is 23.8 Å². The Kier molecular flexibility index (Phi) is 8.23. The third-order valence-electron chi connectivity index (χ3n) is 2.78. The van der Waals surface area contributed by atoms with Gasteiger partial charge in [0, 0.05) is 17.3 Å². The van der Waals surface area contributed by atoms with Gasteiger partial charge >= 0.3 is 5.97 Å². The normalized spacial score (nSPS) is 10.2. The van der Waals surface area contributed by atoms with E-state index < -0.39 is 5.97 Å². The van der Waals surface area contributed by atoms with Crippen LogP contribution in [0.15, 0.2) is 24.3 Å². The van der Waals surface area contributed by atoms with Crippen LogP contribution < -0.4 is 0 Å². The molecule has 1 rings (SSSR count). The molecule has 1 amide bonds. The summed E-state index contributed by atoms with van der Waals surface area (Å²) in [5.74, 6) is 0.611. The number of amides is 1. The van der Waals surface area contributed by atoms with Crippen LogP contribution in [0, 0.1) is 0 Å². The van der Waals surface area contributed by atoms with Crippen LogP contribution in [0.3, 0.4) is 0 Å². The van der Waals surface area contributed by atoms with E-state index in [2.05, 4.69) is 4.74 Å². The van der Waals surface area contributed by atoms with E-state index in [4.69, 9.17) is 11.6 Å². The second-order valence-corrected chi connectivity index (χ2v) is 5.94. The highest BCUT2D eigenvalue weighted by atomic mass is 35.5. The minimum Gasteiger partial charge on any atom is -0.468 e. The van der Waals surface area contributed by atoms with E-state index in [9.17, 15) is 9.59 Å². The lowest BCUT2D eigenvalue weighted by Crippen LogP contribution is -2.37. The molecule has 0 fully saturated rings. The first-order valence-corrected chi connectivity index (χ1v) is 8.26. The van der Waals surface area contributed by atoms with E-state index in [0.717, 1.165) is 12.0 Å². The summed E-state index contributed by atoms with van der Waals surface area (Å²) in [6, 6.07) is 7.57. The zero-order valence-corrected chi connectivity index (χ0v) is 13.9. The summed E-state index contributed by atoms with van der Waals surface area (Å²) in [4.78, 5) is 24.9. The third kappa shape index (κ3) is 6.87. The molecular weight excluding hydrogens is 310 g/mol. The van der Waals surface area contributed by atoms with Crippen molar-refractivity contribution in [1.82, 2.24) is 4.90 Å². The number of esters is 1. The summed E-state index contributed by atoms with van der Waals surface area (Å²) >= 11 is 7.43. The van der Waals surface area contributed by atoms with Gasteiger partial charge in [0.1, 0.15) is 6.54 Å². The standard InChI is InChI=1S/C15H20ClNO3S/c1-3-7-17(9-15(19)20-2)14(18)11-21-10-12-5-4-6-13(16)8-12/h4-6,8H,3,7,9-11H2,1-2H3. The van der Waals surface area contributed by atoms with Crippen LogP contribution in [0.1, 0.15) is 18.9 Å². The van der Waals surface area contributed by atoms with Gasteiger partial charge in [-0.1, -0.05) is 30.7 Å². The van der Waals surface area contributed by atoms with Crippen molar-refractivity contribution in [3.8, 4) is 0 Å². The smallest absolute Gasteiger partial charge is 0.325 e. The molecule has 1 aromatic rings. The molecule has 0 radical (unpaired) electrons. The van der Waals surface area contributed by atoms with Gasteiger partial charge in [0.05, 0.1) is 12.9 Å². The molecule has 0 saturated heterocycles. The second-order valence-electron chi connectivity index (χ2n) is 4.51. The van der Waals surface area contributed by atoms with E-state index in [1.807, 2.05) is 31.2 Å². The van der Waals surface area contributed by atoms with Crippen LogP contribution in [0.5, 0.6) is 0 Å². The lowest BCUT2D eigenvalue weighted by atomic mass is 10.2. The number of carbonyl (C=O) groups is 2. The quantitative estimate of drug-likeness (QED) is 0.688. The Morgan fingerprint density at radius 2 is 2.14 bits per heavy atom. The average molecular weight is 330 g/mol. The van der Waals surface area contributed by atoms with Crippen LogP contribution in [0.2, 0.25) is 5.02 Å². The second kappa shape index (κ2) is 9.68. The van der Waals surface area contributed by atoms with Crippen LogP contribution >= 0.6 is 23.4 Å². The molecule has 0 atom stereocenters. The molecule has 0 bridgehead atoms. The summed E-state index contributed by atoms with van der Waals surface area (Å²) in [6.07, 6.45) is 0.807. The monoisotopic (exact) mass is 329 g/mol. The Balaban J connectivity index is 2.44. The average Bonchev–Trinajstić information content (AvgIpc) is 2.46. The number of methoxy groups -OCH3 is 1. The number of hydrogen-bond donors (Lipinski definition) is 0. The van der Waals surface area contributed by atoms with Crippen molar-refractivity contribution in [2.45, 2.75) is 19.1 Å². The molecule has 0 saturated carbocycles. The predicted octanol–water partition coefficient (Wildman–Crippen LogP) is 2.98. The van der Waals surface area contributed by atoms with Crippen molar-refractivity contribution in [2.75, 3.05) is 26.0 Å². The molecule has 6 heteroatoms. The first-order valence-electron chi connectivity index (χ1n) is 6.73. The maximum atomic E-state index is 12.1. The summed E-state index contributed by atoms with van der Waals surface area (Å²) < 4.78 is 4.61. The van der Waals surface area contributed by atoms with Crippen molar-refractivity contribution in [3.05, 3.63) is 34.9 Å². The third-order valence-corrected chi connectivity index (χ3v) is 4.00. The van der Waals surface area contributed by atoms with Gasteiger partial charge in [0.2, 0.25) is 5.91 Å². The number of ether oxygens (including phenoxy) is 1. The highest BCUT2D eigenvalue weighted by Gasteiger charge is 2.16. The fourth-order valence-electron chi connectivity index (χ4n) is 1.76. The van der Waals surface area contributed by atoms with Gasteiger partial charge in [-0.15, -0.1) is 11.8 Å². The first kappa shape index (κ1) is 17.9. The van der Waals surface area contributed by atoms with Crippen molar-refractivity contribution >= 4 is 35.2 Å². The Hall–Kier alpha value is -1.20. The lowest BCUT2D eigenvalue weighted by Gasteiger charge is -2.20. The summed E-state index contributed by atoms with van der Waals surface area (Å²) in [7, 11) is 1.32. The summed E-state index contributed by atoms with van der Waals surface area (Å²) in [6.45, 7) is 2.54. The molecule has 4 nitrogen and oxygen atoms in total. The molecule has 0 heterocycles. The molecule has 21 heavy (non-hydrogen) atoms. The number of nitrogens with zero attached hydrogens (tertiary/aromatic N) is 1. The zero-order chi connectivity index (χ0) is 15.7. The minimum atomic E-state index is -0.392.